The Morgan fingerprint density at radius 2 is 1.80 bits per heavy atom. The number of para-hydroxylation sites is 1. The van der Waals surface area contributed by atoms with Crippen LogP contribution in [0.2, 0.25) is 0 Å². The number of anilines is 1. The SMILES string of the molecule is O=C(Nc1cccc(-c2nnc3n2CCCCC3)c1)c1cc(-c2cccnc2)nc2ccccc12. The summed E-state index contributed by atoms with van der Waals surface area (Å²) in [7, 11) is 0. The quantitative estimate of drug-likeness (QED) is 0.381. The Hall–Kier alpha value is -4.39. The Balaban J connectivity index is 1.35. The second-order valence-corrected chi connectivity index (χ2v) is 8.75. The third kappa shape index (κ3) is 4.17. The normalized spacial score (nSPS) is 13.3. The standard InChI is InChI=1S/C28H24N6O/c35-28(23-17-25(20-9-7-14-29-18-20)31-24-12-4-3-11-22(23)24)30-21-10-6-8-19(16-21)27-33-32-26-13-2-1-5-15-34(26)27/h3-4,6-12,14,16-18H,1-2,5,13,15H2,(H,30,35). The number of hydrogen-bond donors (Lipinski definition) is 1. The smallest absolute Gasteiger partial charge is 0.256 e. The number of hydrogen-bond acceptors (Lipinski definition) is 5. The van der Waals surface area contributed by atoms with Gasteiger partial charge in [0.1, 0.15) is 5.82 Å². The molecule has 35 heavy (non-hydrogen) atoms. The Bertz CT molecular complexity index is 1530. The van der Waals surface area contributed by atoms with Crippen molar-refractivity contribution in [2.24, 2.45) is 0 Å². The Morgan fingerprint density at radius 1 is 0.886 bits per heavy atom. The van der Waals surface area contributed by atoms with Crippen molar-refractivity contribution >= 4 is 22.5 Å². The van der Waals surface area contributed by atoms with Crippen LogP contribution in [-0.2, 0) is 13.0 Å². The summed E-state index contributed by atoms with van der Waals surface area (Å²) in [6.07, 6.45) is 7.92. The van der Waals surface area contributed by atoms with Gasteiger partial charge in [-0.05, 0) is 49.2 Å². The Labute approximate surface area is 202 Å². The molecular formula is C28H24N6O. The number of nitrogens with one attached hydrogen (secondary N) is 1. The first-order valence-corrected chi connectivity index (χ1v) is 11.9. The van der Waals surface area contributed by atoms with Crippen molar-refractivity contribution in [3.63, 3.8) is 0 Å². The topological polar surface area (TPSA) is 85.6 Å². The van der Waals surface area contributed by atoms with Crippen molar-refractivity contribution in [3.05, 3.63) is 90.5 Å². The molecule has 1 N–H and O–H groups in total. The van der Waals surface area contributed by atoms with Crippen molar-refractivity contribution in [1.29, 1.82) is 0 Å². The van der Waals surface area contributed by atoms with E-state index in [9.17, 15) is 4.79 Å². The summed E-state index contributed by atoms with van der Waals surface area (Å²) in [6, 6.07) is 21.1. The van der Waals surface area contributed by atoms with Crippen LogP contribution in [0.3, 0.4) is 0 Å². The highest BCUT2D eigenvalue weighted by atomic mass is 16.1. The van der Waals surface area contributed by atoms with E-state index in [4.69, 9.17) is 4.98 Å². The van der Waals surface area contributed by atoms with Gasteiger partial charge in [-0.3, -0.25) is 9.78 Å². The number of rotatable bonds is 4. The molecule has 3 aromatic heterocycles. The van der Waals surface area contributed by atoms with Gasteiger partial charge in [0.25, 0.3) is 5.91 Å². The number of fused-ring (bicyclic) bond motifs is 2. The van der Waals surface area contributed by atoms with E-state index in [2.05, 4.69) is 25.1 Å². The fourth-order valence-electron chi connectivity index (χ4n) is 4.66. The summed E-state index contributed by atoms with van der Waals surface area (Å²) in [4.78, 5) is 22.5. The average molecular weight is 461 g/mol. The van der Waals surface area contributed by atoms with Gasteiger partial charge in [-0.2, -0.15) is 0 Å². The van der Waals surface area contributed by atoms with Crippen LogP contribution in [0.4, 0.5) is 5.69 Å². The molecule has 5 aromatic rings. The van der Waals surface area contributed by atoms with Crippen LogP contribution in [0, 0.1) is 0 Å². The van der Waals surface area contributed by atoms with E-state index in [1.807, 2.05) is 66.7 Å². The third-order valence-electron chi connectivity index (χ3n) is 6.41. The van der Waals surface area contributed by atoms with Gasteiger partial charge in [-0.1, -0.05) is 36.8 Å². The zero-order chi connectivity index (χ0) is 23.6. The first-order chi connectivity index (χ1) is 17.3. The van der Waals surface area contributed by atoms with Gasteiger partial charge in [-0.15, -0.1) is 10.2 Å². The molecule has 7 heteroatoms. The molecule has 0 atom stereocenters. The average Bonchev–Trinajstić information content (AvgIpc) is 3.16. The van der Waals surface area contributed by atoms with E-state index >= 15 is 0 Å². The van der Waals surface area contributed by atoms with E-state index in [1.54, 1.807) is 12.4 Å². The predicted molar refractivity (Wildman–Crippen MR) is 136 cm³/mol. The number of aromatic nitrogens is 5. The van der Waals surface area contributed by atoms with E-state index in [0.29, 0.717) is 16.9 Å². The molecule has 0 saturated heterocycles. The molecular weight excluding hydrogens is 436 g/mol. The van der Waals surface area contributed by atoms with Gasteiger partial charge in [0.05, 0.1) is 16.8 Å². The van der Waals surface area contributed by atoms with Crippen molar-refractivity contribution in [2.45, 2.75) is 32.2 Å². The molecule has 0 bridgehead atoms. The molecule has 0 unspecified atom stereocenters. The minimum Gasteiger partial charge on any atom is -0.322 e. The van der Waals surface area contributed by atoms with Crippen LogP contribution in [0.15, 0.2) is 79.1 Å². The molecule has 0 aliphatic carbocycles. The van der Waals surface area contributed by atoms with E-state index in [-0.39, 0.29) is 5.91 Å². The summed E-state index contributed by atoms with van der Waals surface area (Å²) < 4.78 is 2.21. The number of aryl methyl sites for hydroxylation is 1. The molecule has 0 saturated carbocycles. The largest absolute Gasteiger partial charge is 0.322 e. The van der Waals surface area contributed by atoms with E-state index in [0.717, 1.165) is 59.5 Å². The summed E-state index contributed by atoms with van der Waals surface area (Å²) in [6.45, 7) is 0.925. The molecule has 0 spiro atoms. The molecule has 1 aliphatic rings. The second-order valence-electron chi connectivity index (χ2n) is 8.75. The fourth-order valence-corrected chi connectivity index (χ4v) is 4.66. The van der Waals surface area contributed by atoms with Gasteiger partial charge in [0.15, 0.2) is 5.82 Å². The number of amides is 1. The van der Waals surface area contributed by atoms with Crippen LogP contribution in [0.5, 0.6) is 0 Å². The minimum absolute atomic E-state index is 0.189. The van der Waals surface area contributed by atoms with E-state index < -0.39 is 0 Å². The number of nitrogens with zero attached hydrogens (tertiary/aromatic N) is 5. The van der Waals surface area contributed by atoms with Crippen LogP contribution in [-0.4, -0.2) is 30.6 Å². The van der Waals surface area contributed by atoms with Gasteiger partial charge < -0.3 is 9.88 Å². The van der Waals surface area contributed by atoms with Crippen molar-refractivity contribution in [3.8, 4) is 22.6 Å². The third-order valence-corrected chi connectivity index (χ3v) is 6.41. The van der Waals surface area contributed by atoms with Crippen LogP contribution >= 0.6 is 0 Å². The summed E-state index contributed by atoms with van der Waals surface area (Å²) in [5, 5.41) is 12.8. The van der Waals surface area contributed by atoms with Gasteiger partial charge in [0, 0.05) is 47.6 Å². The maximum absolute atomic E-state index is 13.5. The molecule has 1 aliphatic heterocycles. The molecule has 6 rings (SSSR count). The number of benzene rings is 2. The molecule has 2 aromatic carbocycles. The first-order valence-electron chi connectivity index (χ1n) is 11.9. The molecule has 0 fully saturated rings. The lowest BCUT2D eigenvalue weighted by Crippen LogP contribution is -2.13. The fraction of sp³-hybridized carbons (Fsp3) is 0.179. The maximum Gasteiger partial charge on any atom is 0.256 e. The lowest BCUT2D eigenvalue weighted by Gasteiger charge is -2.12. The molecule has 7 nitrogen and oxygen atoms in total. The van der Waals surface area contributed by atoms with Gasteiger partial charge in [0.2, 0.25) is 0 Å². The highest BCUT2D eigenvalue weighted by Crippen LogP contribution is 2.27. The lowest BCUT2D eigenvalue weighted by atomic mass is 10.0. The highest BCUT2D eigenvalue weighted by molar-refractivity contribution is 6.13. The Kier molecular flexibility index (Phi) is 5.50. The summed E-state index contributed by atoms with van der Waals surface area (Å²) in [5.41, 5.74) is 4.56. The summed E-state index contributed by atoms with van der Waals surface area (Å²) >= 11 is 0. The highest BCUT2D eigenvalue weighted by Gasteiger charge is 2.18. The monoisotopic (exact) mass is 460 g/mol. The van der Waals surface area contributed by atoms with Crippen LogP contribution in [0.25, 0.3) is 33.5 Å². The Morgan fingerprint density at radius 3 is 2.71 bits per heavy atom. The van der Waals surface area contributed by atoms with Crippen molar-refractivity contribution in [2.75, 3.05) is 5.32 Å². The zero-order valence-corrected chi connectivity index (χ0v) is 19.2. The predicted octanol–water partition coefficient (Wildman–Crippen LogP) is 5.53. The summed E-state index contributed by atoms with van der Waals surface area (Å²) in [5.74, 6) is 1.70. The van der Waals surface area contributed by atoms with Crippen LogP contribution in [0.1, 0.15) is 35.4 Å². The first kappa shape index (κ1) is 21.2. The molecule has 1 amide bonds. The second kappa shape index (κ2) is 9.10. The molecule has 172 valence electrons. The number of pyridine rings is 2. The number of carbonyl (C=O) groups excluding carboxylic acids is 1. The lowest BCUT2D eigenvalue weighted by molar-refractivity contribution is 0.102. The number of carbonyl (C=O) groups is 1. The van der Waals surface area contributed by atoms with Crippen LogP contribution < -0.4 is 5.32 Å². The van der Waals surface area contributed by atoms with E-state index in [1.165, 1.54) is 6.42 Å². The molecule has 0 radical (unpaired) electrons. The maximum atomic E-state index is 13.5. The van der Waals surface area contributed by atoms with Crippen molar-refractivity contribution in [1.82, 2.24) is 24.7 Å². The van der Waals surface area contributed by atoms with Crippen molar-refractivity contribution < 1.29 is 4.79 Å². The van der Waals surface area contributed by atoms with Gasteiger partial charge >= 0.3 is 0 Å². The minimum atomic E-state index is -0.189. The van der Waals surface area contributed by atoms with Gasteiger partial charge in [-0.25, -0.2) is 4.98 Å². The molecule has 4 heterocycles. The zero-order valence-electron chi connectivity index (χ0n) is 19.2.